The van der Waals surface area contributed by atoms with Crippen molar-refractivity contribution in [3.05, 3.63) is 47.5 Å². The molecule has 0 spiro atoms. The summed E-state index contributed by atoms with van der Waals surface area (Å²) in [6.45, 7) is 4.41. The molecule has 0 bridgehead atoms. The predicted octanol–water partition coefficient (Wildman–Crippen LogP) is 1.55. The Bertz CT molecular complexity index is 724. The first-order valence-electron chi connectivity index (χ1n) is 6.99. The second kappa shape index (κ2) is 7.04. The van der Waals surface area contributed by atoms with Crippen LogP contribution in [0.25, 0.3) is 5.69 Å². The summed E-state index contributed by atoms with van der Waals surface area (Å²) in [4.78, 5) is 4.13. The predicted molar refractivity (Wildman–Crippen MR) is 85.5 cm³/mol. The number of methoxy groups -OCH3 is 1. The quantitative estimate of drug-likeness (QED) is 0.839. The molecule has 1 N–H and O–H groups in total. The number of nitrogens with zero attached hydrogens (tertiary/aromatic N) is 2. The van der Waals surface area contributed by atoms with Gasteiger partial charge in [-0.2, -0.15) is 0 Å². The number of sulfonamides is 1. The number of nitrogens with one attached hydrogen (secondary N) is 1. The highest BCUT2D eigenvalue weighted by Gasteiger charge is 2.14. The van der Waals surface area contributed by atoms with Crippen molar-refractivity contribution in [2.75, 3.05) is 19.5 Å². The number of aryl methyl sites for hydroxylation is 1. The number of hydrogen-bond acceptors (Lipinski definition) is 4. The molecule has 0 fully saturated rings. The van der Waals surface area contributed by atoms with Gasteiger partial charge in [0, 0.05) is 31.2 Å². The molecule has 0 aromatic carbocycles. The van der Waals surface area contributed by atoms with Crippen LogP contribution in [0.3, 0.4) is 0 Å². The van der Waals surface area contributed by atoms with Crippen molar-refractivity contribution in [2.45, 2.75) is 20.4 Å². The van der Waals surface area contributed by atoms with E-state index < -0.39 is 10.0 Å². The largest absolute Gasteiger partial charge is 0.384 e. The molecule has 2 aromatic rings. The van der Waals surface area contributed by atoms with Crippen molar-refractivity contribution >= 4 is 10.0 Å². The summed E-state index contributed by atoms with van der Waals surface area (Å²) in [7, 11) is -1.84. The highest BCUT2D eigenvalue weighted by atomic mass is 32.2. The van der Waals surface area contributed by atoms with Gasteiger partial charge in [0.1, 0.15) is 0 Å². The van der Waals surface area contributed by atoms with E-state index in [1.165, 1.54) is 7.11 Å². The van der Waals surface area contributed by atoms with E-state index in [1.807, 2.05) is 32.0 Å². The van der Waals surface area contributed by atoms with E-state index in [-0.39, 0.29) is 18.9 Å². The van der Waals surface area contributed by atoms with E-state index in [1.54, 1.807) is 12.4 Å². The minimum atomic E-state index is -3.32. The van der Waals surface area contributed by atoms with E-state index in [4.69, 9.17) is 4.74 Å². The Morgan fingerprint density at radius 3 is 2.77 bits per heavy atom. The van der Waals surface area contributed by atoms with Gasteiger partial charge in [-0.25, -0.2) is 13.1 Å². The summed E-state index contributed by atoms with van der Waals surface area (Å²) in [6, 6.07) is 5.84. The number of rotatable bonds is 7. The van der Waals surface area contributed by atoms with Crippen molar-refractivity contribution in [2.24, 2.45) is 0 Å². The minimum Gasteiger partial charge on any atom is -0.384 e. The zero-order valence-electron chi connectivity index (χ0n) is 13.0. The lowest BCUT2D eigenvalue weighted by molar-refractivity contribution is 0.217. The van der Waals surface area contributed by atoms with Gasteiger partial charge in [-0.15, -0.1) is 0 Å². The molecule has 0 atom stereocenters. The average molecular weight is 323 g/mol. The molecule has 22 heavy (non-hydrogen) atoms. The van der Waals surface area contributed by atoms with Gasteiger partial charge in [0.2, 0.25) is 10.0 Å². The number of aromatic nitrogens is 2. The third-order valence-electron chi connectivity index (χ3n) is 3.48. The topological polar surface area (TPSA) is 73.2 Å². The lowest BCUT2D eigenvalue weighted by Crippen LogP contribution is -2.28. The molecule has 2 rings (SSSR count). The molecular weight excluding hydrogens is 302 g/mol. The maximum absolute atomic E-state index is 11.8. The first-order valence-corrected chi connectivity index (χ1v) is 8.64. The fourth-order valence-electron chi connectivity index (χ4n) is 2.34. The summed E-state index contributed by atoms with van der Waals surface area (Å²) < 4.78 is 33.1. The third-order valence-corrected chi connectivity index (χ3v) is 4.77. The molecule has 6 nitrogen and oxygen atoms in total. The van der Waals surface area contributed by atoms with E-state index in [0.717, 1.165) is 22.6 Å². The number of pyridine rings is 1. The van der Waals surface area contributed by atoms with E-state index >= 15 is 0 Å². The van der Waals surface area contributed by atoms with Crippen LogP contribution in [0, 0.1) is 13.8 Å². The monoisotopic (exact) mass is 323 g/mol. The lowest BCUT2D eigenvalue weighted by atomic mass is 10.2. The Balaban J connectivity index is 2.18. The molecule has 2 heterocycles. The van der Waals surface area contributed by atoms with Crippen molar-refractivity contribution in [1.82, 2.24) is 14.3 Å². The normalized spacial score (nSPS) is 11.8. The fraction of sp³-hybridized carbons (Fsp3) is 0.400. The number of hydrogen-bond donors (Lipinski definition) is 1. The average Bonchev–Trinajstić information content (AvgIpc) is 2.78. The van der Waals surface area contributed by atoms with E-state index in [2.05, 4.69) is 14.3 Å². The first-order chi connectivity index (χ1) is 10.4. The van der Waals surface area contributed by atoms with Gasteiger partial charge in [0.25, 0.3) is 0 Å². The second-order valence-electron chi connectivity index (χ2n) is 5.08. The highest BCUT2D eigenvalue weighted by molar-refractivity contribution is 7.89. The van der Waals surface area contributed by atoms with Crippen LogP contribution in [0.2, 0.25) is 0 Å². The zero-order chi connectivity index (χ0) is 16.2. The van der Waals surface area contributed by atoms with Crippen LogP contribution in [0.5, 0.6) is 0 Å². The van der Waals surface area contributed by atoms with Gasteiger partial charge in [0.05, 0.1) is 24.2 Å². The van der Waals surface area contributed by atoms with Crippen molar-refractivity contribution in [3.8, 4) is 5.69 Å². The van der Waals surface area contributed by atoms with Crippen LogP contribution < -0.4 is 4.72 Å². The Hall–Kier alpha value is -1.70. The first kappa shape index (κ1) is 16.7. The lowest BCUT2D eigenvalue weighted by Gasteiger charge is -2.10. The molecule has 0 aliphatic heterocycles. The van der Waals surface area contributed by atoms with Gasteiger partial charge in [-0.1, -0.05) is 0 Å². The zero-order valence-corrected chi connectivity index (χ0v) is 13.9. The van der Waals surface area contributed by atoms with Crippen LogP contribution in [-0.4, -0.2) is 37.4 Å². The van der Waals surface area contributed by atoms with E-state index in [9.17, 15) is 8.42 Å². The molecule has 120 valence electrons. The maximum Gasteiger partial charge on any atom is 0.214 e. The smallest absolute Gasteiger partial charge is 0.214 e. The summed E-state index contributed by atoms with van der Waals surface area (Å²) in [6.07, 6.45) is 3.51. The molecule has 0 radical (unpaired) electrons. The standard InChI is InChI=1S/C15H21N3O3S/c1-12-9-14(10-17-22(19,20)8-7-21-3)13(2)18(12)15-5-4-6-16-11-15/h4-6,9,11,17H,7-8,10H2,1-3H3. The molecule has 0 saturated heterocycles. The van der Waals surface area contributed by atoms with Crippen LogP contribution in [0.15, 0.2) is 30.6 Å². The van der Waals surface area contributed by atoms with Gasteiger partial charge in [-0.3, -0.25) is 4.98 Å². The van der Waals surface area contributed by atoms with Gasteiger partial charge >= 0.3 is 0 Å². The Morgan fingerprint density at radius 2 is 2.14 bits per heavy atom. The van der Waals surface area contributed by atoms with E-state index in [0.29, 0.717) is 0 Å². The summed E-state index contributed by atoms with van der Waals surface area (Å²) in [5, 5.41) is 0. The van der Waals surface area contributed by atoms with Crippen LogP contribution in [0.4, 0.5) is 0 Å². The highest BCUT2D eigenvalue weighted by Crippen LogP contribution is 2.20. The van der Waals surface area contributed by atoms with Crippen molar-refractivity contribution in [3.63, 3.8) is 0 Å². The van der Waals surface area contributed by atoms with Gasteiger partial charge < -0.3 is 9.30 Å². The Morgan fingerprint density at radius 1 is 1.36 bits per heavy atom. The second-order valence-corrected chi connectivity index (χ2v) is 7.00. The molecule has 0 aliphatic rings. The molecule has 0 aliphatic carbocycles. The summed E-state index contributed by atoms with van der Waals surface area (Å²) in [5.41, 5.74) is 3.95. The molecule has 7 heteroatoms. The summed E-state index contributed by atoms with van der Waals surface area (Å²) in [5.74, 6) is -0.0369. The van der Waals surface area contributed by atoms with Crippen molar-refractivity contribution in [1.29, 1.82) is 0 Å². The van der Waals surface area contributed by atoms with Crippen LogP contribution in [0.1, 0.15) is 17.0 Å². The van der Waals surface area contributed by atoms with Gasteiger partial charge in [-0.05, 0) is 37.6 Å². The Kier molecular flexibility index (Phi) is 5.33. The van der Waals surface area contributed by atoms with Crippen LogP contribution in [-0.2, 0) is 21.3 Å². The fourth-order valence-corrected chi connectivity index (χ4v) is 3.25. The van der Waals surface area contributed by atoms with Gasteiger partial charge in [0.15, 0.2) is 0 Å². The molecule has 0 unspecified atom stereocenters. The SMILES string of the molecule is COCCS(=O)(=O)NCc1cc(C)n(-c2cccnc2)c1C. The van der Waals surface area contributed by atoms with Crippen molar-refractivity contribution < 1.29 is 13.2 Å². The van der Waals surface area contributed by atoms with Crippen LogP contribution >= 0.6 is 0 Å². The Labute approximate surface area is 131 Å². The summed E-state index contributed by atoms with van der Waals surface area (Å²) >= 11 is 0. The molecule has 0 amide bonds. The molecule has 0 saturated carbocycles. The maximum atomic E-state index is 11.8. The third kappa shape index (κ3) is 3.94. The molecule has 2 aromatic heterocycles. The number of ether oxygens (including phenoxy) is 1. The minimum absolute atomic E-state index is 0.0369. The molecular formula is C15H21N3O3S.